The zero-order chi connectivity index (χ0) is 28.7. The largest absolute Gasteiger partial charge is 0.493 e. The molecule has 0 aromatic heterocycles. The molecule has 0 saturated carbocycles. The number of allylic oxidation sites excluding steroid dienone is 3. The van der Waals surface area contributed by atoms with Crippen LogP contribution in [0.25, 0.3) is 6.08 Å². The molecule has 0 unspecified atom stereocenters. The van der Waals surface area contributed by atoms with Crippen LogP contribution in [0.15, 0.2) is 90.3 Å². The number of rotatable bonds is 17. The fourth-order valence-corrected chi connectivity index (χ4v) is 4.06. The summed E-state index contributed by atoms with van der Waals surface area (Å²) in [4.78, 5) is 1.89. The fraction of sp³-hybridized carbons (Fsp3) is 0.394. The van der Waals surface area contributed by atoms with Crippen molar-refractivity contribution in [2.24, 2.45) is 0 Å². The Bertz CT molecular complexity index is 1130. The first-order chi connectivity index (χ1) is 18.7. The summed E-state index contributed by atoms with van der Waals surface area (Å²) in [6.07, 6.45) is 11.5. The molecule has 0 aliphatic rings. The minimum Gasteiger partial charge on any atom is -0.493 e. The molecular weight excluding hydrogens is 497 g/mol. The highest BCUT2D eigenvalue weighted by atomic mass is 19.3. The first kappa shape index (κ1) is 32.0. The van der Waals surface area contributed by atoms with E-state index in [2.05, 4.69) is 18.8 Å². The van der Waals surface area contributed by atoms with Gasteiger partial charge in [-0.25, -0.2) is 13.2 Å². The number of halogens is 3. The van der Waals surface area contributed by atoms with Crippen molar-refractivity contribution in [3.63, 3.8) is 0 Å². The molecule has 0 aliphatic carbocycles. The van der Waals surface area contributed by atoms with Gasteiger partial charge in [0.1, 0.15) is 12.4 Å². The summed E-state index contributed by atoms with van der Waals surface area (Å²) in [5.41, 5.74) is 3.20. The monoisotopic (exact) mass is 540 g/mol. The molecule has 2 aromatic rings. The van der Waals surface area contributed by atoms with Crippen molar-refractivity contribution >= 4 is 11.8 Å². The van der Waals surface area contributed by atoms with Crippen LogP contribution in [0.3, 0.4) is 0 Å². The zero-order valence-electron chi connectivity index (χ0n) is 23.8. The number of hydrogen-bond acceptors (Lipinski definition) is 3. The first-order valence-corrected chi connectivity index (χ1v) is 13.7. The normalized spacial score (nSPS) is 12.7. The van der Waals surface area contributed by atoms with Gasteiger partial charge in [-0.15, -0.1) is 0 Å². The molecule has 0 amide bonds. The van der Waals surface area contributed by atoms with E-state index in [1.54, 1.807) is 25.1 Å². The van der Waals surface area contributed by atoms with E-state index < -0.39 is 12.6 Å². The van der Waals surface area contributed by atoms with Gasteiger partial charge in [-0.05, 0) is 75.2 Å². The Labute approximate surface area is 232 Å². The van der Waals surface area contributed by atoms with Crippen LogP contribution in [0, 0.1) is 0 Å². The van der Waals surface area contributed by atoms with Crippen LogP contribution in [0.4, 0.5) is 18.9 Å². The molecule has 0 heterocycles. The van der Waals surface area contributed by atoms with Crippen LogP contribution < -0.4 is 15.0 Å². The second-order valence-electron chi connectivity index (χ2n) is 9.57. The fourth-order valence-electron chi connectivity index (χ4n) is 4.06. The highest BCUT2D eigenvalue weighted by molar-refractivity contribution is 5.71. The minimum absolute atomic E-state index is 0.0837. The van der Waals surface area contributed by atoms with Crippen molar-refractivity contribution < 1.29 is 17.9 Å². The number of anilines is 1. The molecule has 6 heteroatoms. The van der Waals surface area contributed by atoms with Gasteiger partial charge in [0.05, 0.1) is 6.61 Å². The Morgan fingerprint density at radius 1 is 1.08 bits per heavy atom. The molecular formula is C33H43F3N2O. The summed E-state index contributed by atoms with van der Waals surface area (Å²) < 4.78 is 47.2. The number of unbranched alkanes of at least 4 members (excludes halogenated alkanes) is 2. The van der Waals surface area contributed by atoms with Crippen LogP contribution in [0.1, 0.15) is 64.5 Å². The number of nitrogens with zero attached hydrogens (tertiary/aromatic N) is 1. The summed E-state index contributed by atoms with van der Waals surface area (Å²) >= 11 is 0. The maximum Gasteiger partial charge on any atom is 0.270 e. The zero-order valence-corrected chi connectivity index (χ0v) is 23.8. The van der Waals surface area contributed by atoms with Crippen LogP contribution >= 0.6 is 0 Å². The Kier molecular flexibility index (Phi) is 13.7. The molecule has 2 rings (SSSR count). The highest BCUT2D eigenvalue weighted by Gasteiger charge is 2.24. The summed E-state index contributed by atoms with van der Waals surface area (Å²) in [6.45, 7) is 13.0. The summed E-state index contributed by atoms with van der Waals surface area (Å²) in [6, 6.07) is 13.9. The molecule has 39 heavy (non-hydrogen) atoms. The van der Waals surface area contributed by atoms with Crippen LogP contribution in [-0.4, -0.2) is 26.4 Å². The minimum atomic E-state index is -2.96. The predicted molar refractivity (Wildman–Crippen MR) is 159 cm³/mol. The molecule has 0 spiro atoms. The molecule has 212 valence electrons. The lowest BCUT2D eigenvalue weighted by atomic mass is 9.98. The highest BCUT2D eigenvalue weighted by Crippen LogP contribution is 2.32. The lowest BCUT2D eigenvalue weighted by molar-refractivity contribution is 0.0174. The number of nitrogens with one attached hydrogen (secondary N) is 1. The van der Waals surface area contributed by atoms with Gasteiger partial charge in [0, 0.05) is 41.7 Å². The first-order valence-electron chi connectivity index (χ1n) is 13.7. The average Bonchev–Trinajstić information content (AvgIpc) is 2.91. The molecule has 0 saturated heterocycles. The SMILES string of the molecule is C=C(C(=C/c1cccc(C(C)(F)F)c1)/C(C)=C/CF)N(/C=C/C)c1cccc(OCCCNCCCCC)c1. The van der Waals surface area contributed by atoms with Crippen LogP contribution in [-0.2, 0) is 5.92 Å². The molecule has 0 radical (unpaired) electrons. The Balaban J connectivity index is 2.27. The van der Waals surface area contributed by atoms with Crippen molar-refractivity contribution in [2.45, 2.75) is 59.3 Å². The van der Waals surface area contributed by atoms with Gasteiger partial charge in [0.15, 0.2) is 0 Å². The van der Waals surface area contributed by atoms with E-state index in [4.69, 9.17) is 4.74 Å². The van der Waals surface area contributed by atoms with Gasteiger partial charge in [-0.3, -0.25) is 0 Å². The van der Waals surface area contributed by atoms with Gasteiger partial charge < -0.3 is 15.0 Å². The van der Waals surface area contributed by atoms with Crippen molar-refractivity contribution in [1.82, 2.24) is 5.32 Å². The molecule has 2 aromatic carbocycles. The smallest absolute Gasteiger partial charge is 0.270 e. The molecule has 0 atom stereocenters. The number of hydrogen-bond donors (Lipinski definition) is 1. The van der Waals surface area contributed by atoms with Crippen LogP contribution in [0.2, 0.25) is 0 Å². The van der Waals surface area contributed by atoms with E-state index in [9.17, 15) is 13.2 Å². The molecule has 0 bridgehead atoms. The van der Waals surface area contributed by atoms with Crippen molar-refractivity contribution in [1.29, 1.82) is 0 Å². The quantitative estimate of drug-likeness (QED) is 0.160. The number of alkyl halides is 3. The maximum absolute atomic E-state index is 14.0. The van der Waals surface area contributed by atoms with E-state index >= 15 is 0 Å². The molecule has 0 aliphatic heterocycles. The standard InChI is InChI=1S/C33H43F3N2O/c1-6-8-9-19-37-20-12-22-39-31-16-11-15-30(25-31)38(21-7-2)27(4)32(26(3)17-18-34)24-28-13-10-14-29(23-28)33(5,35)36/h7,10-11,13-17,21,23-25,37H,4,6,8-9,12,18-20,22H2,1-3,5H3/b21-7+,26-17+,32-24+. The average molecular weight is 541 g/mol. The second-order valence-corrected chi connectivity index (χ2v) is 9.57. The lowest BCUT2D eigenvalue weighted by Crippen LogP contribution is -2.19. The topological polar surface area (TPSA) is 24.5 Å². The number of benzene rings is 2. The third-order valence-corrected chi connectivity index (χ3v) is 6.23. The van der Waals surface area contributed by atoms with E-state index in [0.717, 1.165) is 37.9 Å². The van der Waals surface area contributed by atoms with Gasteiger partial charge in [-0.1, -0.05) is 62.8 Å². The maximum atomic E-state index is 14.0. The van der Waals surface area contributed by atoms with E-state index in [0.29, 0.717) is 29.0 Å². The van der Waals surface area contributed by atoms with E-state index in [1.807, 2.05) is 48.4 Å². The van der Waals surface area contributed by atoms with Gasteiger partial charge in [0.2, 0.25) is 0 Å². The van der Waals surface area contributed by atoms with E-state index in [1.165, 1.54) is 37.5 Å². The molecule has 1 N–H and O–H groups in total. The Morgan fingerprint density at radius 3 is 2.51 bits per heavy atom. The number of ether oxygens (including phenoxy) is 1. The van der Waals surface area contributed by atoms with Crippen molar-refractivity contribution in [3.8, 4) is 5.75 Å². The van der Waals surface area contributed by atoms with Crippen molar-refractivity contribution in [2.75, 3.05) is 31.3 Å². The Hall–Kier alpha value is -3.25. The Morgan fingerprint density at radius 2 is 1.82 bits per heavy atom. The van der Waals surface area contributed by atoms with E-state index in [-0.39, 0.29) is 5.56 Å². The summed E-state index contributed by atoms with van der Waals surface area (Å²) in [5.74, 6) is -2.23. The third-order valence-electron chi connectivity index (χ3n) is 6.23. The van der Waals surface area contributed by atoms with Crippen molar-refractivity contribution in [3.05, 3.63) is 101 Å². The van der Waals surface area contributed by atoms with Gasteiger partial charge in [-0.2, -0.15) is 0 Å². The lowest BCUT2D eigenvalue weighted by Gasteiger charge is -2.26. The van der Waals surface area contributed by atoms with Gasteiger partial charge >= 0.3 is 0 Å². The summed E-state index contributed by atoms with van der Waals surface area (Å²) in [5, 5.41) is 3.44. The second kappa shape index (κ2) is 16.7. The molecule has 0 fully saturated rings. The van der Waals surface area contributed by atoms with Gasteiger partial charge in [0.25, 0.3) is 5.92 Å². The summed E-state index contributed by atoms with van der Waals surface area (Å²) in [7, 11) is 0. The van der Waals surface area contributed by atoms with Crippen LogP contribution in [0.5, 0.6) is 5.75 Å². The molecule has 3 nitrogen and oxygen atoms in total. The predicted octanol–water partition coefficient (Wildman–Crippen LogP) is 9.20. The third kappa shape index (κ3) is 10.8.